The molecule has 2 heteroatoms. The van der Waals surface area contributed by atoms with Crippen LogP contribution in [0.25, 0.3) is 11.1 Å². The van der Waals surface area contributed by atoms with Crippen LogP contribution in [0.1, 0.15) is 34.0 Å². The lowest BCUT2D eigenvalue weighted by Crippen LogP contribution is -2.00. The fourth-order valence-electron chi connectivity index (χ4n) is 2.46. The first-order chi connectivity index (χ1) is 8.93. The number of aryl methyl sites for hydroxylation is 1. The number of carbonyl (C=O) groups is 1. The molecule has 0 saturated heterocycles. The maximum absolute atomic E-state index is 11.8. The molecule has 0 bridgehead atoms. The summed E-state index contributed by atoms with van der Waals surface area (Å²) in [6.07, 6.45) is 0. The van der Waals surface area contributed by atoms with Crippen LogP contribution in [0.5, 0.6) is 0 Å². The summed E-state index contributed by atoms with van der Waals surface area (Å²) in [6.45, 7) is 7.91. The summed E-state index contributed by atoms with van der Waals surface area (Å²) in [5, 5.41) is 0. The monoisotopic (exact) mass is 316 g/mol. The van der Waals surface area contributed by atoms with Crippen molar-refractivity contribution in [3.63, 3.8) is 0 Å². The summed E-state index contributed by atoms with van der Waals surface area (Å²) in [6, 6.07) is 9.94. The Morgan fingerprint density at radius 3 is 2.32 bits per heavy atom. The summed E-state index contributed by atoms with van der Waals surface area (Å²) < 4.78 is 1.12. The van der Waals surface area contributed by atoms with Crippen LogP contribution < -0.4 is 0 Å². The van der Waals surface area contributed by atoms with Crippen molar-refractivity contribution in [1.82, 2.24) is 0 Å². The van der Waals surface area contributed by atoms with Gasteiger partial charge in [0.15, 0.2) is 5.78 Å². The van der Waals surface area contributed by atoms with Crippen LogP contribution in [0.4, 0.5) is 0 Å². The van der Waals surface area contributed by atoms with E-state index in [4.69, 9.17) is 0 Å². The quantitative estimate of drug-likeness (QED) is 0.692. The van der Waals surface area contributed by atoms with E-state index >= 15 is 0 Å². The maximum Gasteiger partial charge on any atom is 0.160 e. The van der Waals surface area contributed by atoms with Gasteiger partial charge < -0.3 is 0 Å². The van der Waals surface area contributed by atoms with Gasteiger partial charge in [-0.15, -0.1) is 0 Å². The number of hydrogen-bond acceptors (Lipinski definition) is 1. The molecule has 2 aromatic carbocycles. The van der Waals surface area contributed by atoms with Gasteiger partial charge in [-0.1, -0.05) is 40.2 Å². The van der Waals surface area contributed by atoms with Crippen LogP contribution in [0.2, 0.25) is 0 Å². The average Bonchev–Trinajstić information content (AvgIpc) is 2.36. The van der Waals surface area contributed by atoms with Crippen LogP contribution in [-0.2, 0) is 0 Å². The normalized spacial score (nSPS) is 10.6. The van der Waals surface area contributed by atoms with E-state index in [-0.39, 0.29) is 5.78 Å². The van der Waals surface area contributed by atoms with E-state index in [2.05, 4.69) is 42.8 Å². The van der Waals surface area contributed by atoms with Crippen molar-refractivity contribution in [1.29, 1.82) is 0 Å². The minimum atomic E-state index is 0.106. The molecule has 2 aromatic rings. The van der Waals surface area contributed by atoms with Crippen LogP contribution in [0, 0.1) is 20.8 Å². The molecule has 0 unspecified atom stereocenters. The second-order valence-electron chi connectivity index (χ2n) is 4.90. The Morgan fingerprint density at radius 1 is 1.05 bits per heavy atom. The van der Waals surface area contributed by atoms with E-state index in [0.717, 1.165) is 15.6 Å². The number of benzene rings is 2. The molecule has 0 N–H and O–H groups in total. The summed E-state index contributed by atoms with van der Waals surface area (Å²) in [4.78, 5) is 11.8. The van der Waals surface area contributed by atoms with Gasteiger partial charge in [0.2, 0.25) is 0 Å². The highest BCUT2D eigenvalue weighted by Crippen LogP contribution is 2.35. The molecule has 0 aliphatic heterocycles. The molecule has 0 fully saturated rings. The zero-order valence-electron chi connectivity index (χ0n) is 11.7. The van der Waals surface area contributed by atoms with Gasteiger partial charge in [0.25, 0.3) is 0 Å². The Morgan fingerprint density at radius 2 is 1.68 bits per heavy atom. The highest BCUT2D eigenvalue weighted by Gasteiger charge is 2.15. The lowest BCUT2D eigenvalue weighted by molar-refractivity contribution is 0.101. The van der Waals surface area contributed by atoms with Gasteiger partial charge in [-0.3, -0.25) is 4.79 Å². The third kappa shape index (κ3) is 2.50. The Bertz CT molecular complexity index is 657. The summed E-state index contributed by atoms with van der Waals surface area (Å²) in [7, 11) is 0. The Balaban J connectivity index is 2.80. The van der Waals surface area contributed by atoms with E-state index < -0.39 is 0 Å². The predicted octanol–water partition coefficient (Wildman–Crippen LogP) is 5.24. The van der Waals surface area contributed by atoms with Gasteiger partial charge in [-0.05, 0) is 61.6 Å². The van der Waals surface area contributed by atoms with E-state index in [1.807, 2.05) is 24.3 Å². The van der Waals surface area contributed by atoms with E-state index in [0.29, 0.717) is 0 Å². The van der Waals surface area contributed by atoms with Crippen molar-refractivity contribution in [2.24, 2.45) is 0 Å². The molecule has 0 atom stereocenters. The number of hydrogen-bond donors (Lipinski definition) is 0. The molecule has 0 amide bonds. The smallest absolute Gasteiger partial charge is 0.160 e. The third-order valence-corrected chi connectivity index (χ3v) is 4.43. The van der Waals surface area contributed by atoms with Gasteiger partial charge in [0.05, 0.1) is 0 Å². The number of Topliss-reactive ketones (excluding diaryl/α,β-unsaturated/α-hetero) is 1. The summed E-state index contributed by atoms with van der Waals surface area (Å²) in [5.41, 5.74) is 6.62. The second-order valence-corrected chi connectivity index (χ2v) is 5.76. The Labute approximate surface area is 122 Å². The van der Waals surface area contributed by atoms with Crippen LogP contribution in [0.15, 0.2) is 34.8 Å². The van der Waals surface area contributed by atoms with Crippen molar-refractivity contribution in [3.05, 3.63) is 57.1 Å². The van der Waals surface area contributed by atoms with E-state index in [9.17, 15) is 4.79 Å². The van der Waals surface area contributed by atoms with Crippen molar-refractivity contribution in [2.75, 3.05) is 0 Å². The molecule has 0 aromatic heterocycles. The van der Waals surface area contributed by atoms with Crippen LogP contribution >= 0.6 is 15.9 Å². The number of rotatable bonds is 2. The summed E-state index contributed by atoms with van der Waals surface area (Å²) in [5.74, 6) is 0.106. The summed E-state index contributed by atoms with van der Waals surface area (Å²) >= 11 is 3.58. The first kappa shape index (κ1) is 14.0. The second kappa shape index (κ2) is 5.30. The molecule has 0 saturated carbocycles. The van der Waals surface area contributed by atoms with Crippen LogP contribution in [-0.4, -0.2) is 5.78 Å². The van der Waals surface area contributed by atoms with Crippen molar-refractivity contribution in [3.8, 4) is 11.1 Å². The van der Waals surface area contributed by atoms with Gasteiger partial charge in [-0.2, -0.15) is 0 Å². The lowest BCUT2D eigenvalue weighted by atomic mass is 9.89. The predicted molar refractivity (Wildman–Crippen MR) is 83.8 cm³/mol. The zero-order valence-corrected chi connectivity index (χ0v) is 13.3. The number of ketones is 1. The molecular weight excluding hydrogens is 300 g/mol. The Kier molecular flexibility index (Phi) is 3.91. The molecule has 0 aliphatic carbocycles. The lowest BCUT2D eigenvalue weighted by Gasteiger charge is -2.16. The van der Waals surface area contributed by atoms with Crippen molar-refractivity contribution >= 4 is 21.7 Å². The molecule has 0 radical (unpaired) electrons. The fourth-order valence-corrected chi connectivity index (χ4v) is 3.10. The van der Waals surface area contributed by atoms with E-state index in [1.54, 1.807) is 6.92 Å². The van der Waals surface area contributed by atoms with Gasteiger partial charge in [-0.25, -0.2) is 0 Å². The van der Waals surface area contributed by atoms with Gasteiger partial charge in [0.1, 0.15) is 0 Å². The highest BCUT2D eigenvalue weighted by molar-refractivity contribution is 9.10. The molecule has 0 heterocycles. The molecule has 1 nitrogen and oxygen atoms in total. The topological polar surface area (TPSA) is 17.1 Å². The first-order valence-electron chi connectivity index (χ1n) is 6.30. The van der Waals surface area contributed by atoms with Gasteiger partial charge >= 0.3 is 0 Å². The molecule has 98 valence electrons. The number of halogens is 1. The minimum absolute atomic E-state index is 0.106. The highest BCUT2D eigenvalue weighted by atomic mass is 79.9. The molecular formula is C17H17BrO. The number of carbonyl (C=O) groups excluding carboxylic acids is 1. The van der Waals surface area contributed by atoms with Gasteiger partial charge in [0, 0.05) is 10.0 Å². The molecule has 0 spiro atoms. The third-order valence-electron chi connectivity index (χ3n) is 3.61. The molecule has 2 rings (SSSR count). The average molecular weight is 317 g/mol. The molecule has 19 heavy (non-hydrogen) atoms. The standard InChI is InChI=1S/C17H17BrO/c1-10-9-16(18)11(2)12(3)17(10)15-8-6-5-7-14(15)13(4)19/h5-9H,1-4H3. The van der Waals surface area contributed by atoms with Crippen molar-refractivity contribution in [2.45, 2.75) is 27.7 Å². The maximum atomic E-state index is 11.8. The SMILES string of the molecule is CC(=O)c1ccccc1-c1c(C)cc(Br)c(C)c1C. The largest absolute Gasteiger partial charge is 0.294 e. The Hall–Kier alpha value is -1.41. The van der Waals surface area contributed by atoms with Crippen molar-refractivity contribution < 1.29 is 4.79 Å². The zero-order chi connectivity index (χ0) is 14.2. The van der Waals surface area contributed by atoms with E-state index in [1.165, 1.54) is 22.3 Å². The van der Waals surface area contributed by atoms with Crippen LogP contribution in [0.3, 0.4) is 0 Å². The first-order valence-corrected chi connectivity index (χ1v) is 7.09. The minimum Gasteiger partial charge on any atom is -0.294 e. The fraction of sp³-hybridized carbons (Fsp3) is 0.235. The molecule has 0 aliphatic rings.